The number of likely N-dealkylation sites (tertiary alicyclic amines) is 1. The summed E-state index contributed by atoms with van der Waals surface area (Å²) in [6.45, 7) is 6.40. The minimum absolute atomic E-state index is 0.00230. The van der Waals surface area contributed by atoms with Gasteiger partial charge in [-0.2, -0.15) is 0 Å². The molecule has 4 rings (SSSR count). The molecule has 2 amide bonds. The van der Waals surface area contributed by atoms with Gasteiger partial charge in [-0.15, -0.1) is 0 Å². The summed E-state index contributed by atoms with van der Waals surface area (Å²) in [5.74, 6) is -0.253. The van der Waals surface area contributed by atoms with Crippen LogP contribution in [0.25, 0.3) is 10.8 Å². The highest BCUT2D eigenvalue weighted by Crippen LogP contribution is 2.31. The summed E-state index contributed by atoms with van der Waals surface area (Å²) in [4.78, 5) is 26.5. The van der Waals surface area contributed by atoms with Crippen molar-refractivity contribution in [2.45, 2.75) is 38.1 Å². The first-order valence-corrected chi connectivity index (χ1v) is 12.8. The number of benzene rings is 3. The van der Waals surface area contributed by atoms with Crippen LogP contribution in [0.1, 0.15) is 36.2 Å². The maximum absolute atomic E-state index is 13.4. The molecule has 0 radical (unpaired) electrons. The Labute approximate surface area is 200 Å². The number of anilines is 1. The van der Waals surface area contributed by atoms with E-state index in [4.69, 9.17) is 0 Å². The topological polar surface area (TPSA) is 95.6 Å². The Morgan fingerprint density at radius 3 is 2.32 bits per heavy atom. The molecule has 1 aliphatic heterocycles. The zero-order valence-electron chi connectivity index (χ0n) is 19.5. The molecule has 1 aliphatic rings. The number of hydrogen-bond donors (Lipinski definition) is 2. The SMILES string of the molecule is CC(=O)N1CC[C@H](NS(=O)(=O)c2ccc(NC(=O)c3ccccc3C)c3ccccc23)[C@H](C)C1. The van der Waals surface area contributed by atoms with Crippen LogP contribution >= 0.6 is 0 Å². The van der Waals surface area contributed by atoms with Crippen molar-refractivity contribution >= 4 is 38.3 Å². The lowest BCUT2D eigenvalue weighted by atomic mass is 9.95. The number of nitrogens with zero attached hydrogens (tertiary/aromatic N) is 1. The second-order valence-electron chi connectivity index (χ2n) is 8.88. The Bertz CT molecular complexity index is 1350. The van der Waals surface area contributed by atoms with Gasteiger partial charge in [-0.1, -0.05) is 49.4 Å². The molecule has 0 bridgehead atoms. The minimum Gasteiger partial charge on any atom is -0.343 e. The van der Waals surface area contributed by atoms with Crippen LogP contribution in [-0.2, 0) is 14.8 Å². The van der Waals surface area contributed by atoms with E-state index in [1.807, 2.05) is 38.1 Å². The molecule has 2 N–H and O–H groups in total. The van der Waals surface area contributed by atoms with Crippen molar-refractivity contribution in [2.24, 2.45) is 5.92 Å². The number of aryl methyl sites for hydroxylation is 1. The summed E-state index contributed by atoms with van der Waals surface area (Å²) in [5, 5.41) is 4.11. The molecular formula is C26H29N3O4S. The quantitative estimate of drug-likeness (QED) is 0.580. The van der Waals surface area contributed by atoms with Crippen molar-refractivity contribution in [2.75, 3.05) is 18.4 Å². The third-order valence-corrected chi connectivity index (χ3v) is 8.02. The highest BCUT2D eigenvalue weighted by molar-refractivity contribution is 7.89. The molecule has 0 aromatic heterocycles. The van der Waals surface area contributed by atoms with E-state index < -0.39 is 10.0 Å². The molecule has 0 unspecified atom stereocenters. The molecular weight excluding hydrogens is 450 g/mol. The first-order chi connectivity index (χ1) is 16.2. The lowest BCUT2D eigenvalue weighted by Gasteiger charge is -2.36. The van der Waals surface area contributed by atoms with Crippen LogP contribution in [0.5, 0.6) is 0 Å². The molecule has 2 atom stereocenters. The summed E-state index contributed by atoms with van der Waals surface area (Å²) in [7, 11) is -3.83. The maximum Gasteiger partial charge on any atom is 0.255 e. The average molecular weight is 480 g/mol. The van der Waals surface area contributed by atoms with Crippen LogP contribution in [0.2, 0.25) is 0 Å². The predicted molar refractivity (Wildman–Crippen MR) is 133 cm³/mol. The van der Waals surface area contributed by atoms with E-state index in [9.17, 15) is 18.0 Å². The molecule has 0 aliphatic carbocycles. The zero-order valence-corrected chi connectivity index (χ0v) is 20.4. The molecule has 3 aromatic rings. The number of nitrogens with one attached hydrogen (secondary N) is 2. The number of carbonyl (C=O) groups is 2. The van der Waals surface area contributed by atoms with E-state index in [-0.39, 0.29) is 28.7 Å². The number of rotatable bonds is 5. The number of fused-ring (bicyclic) bond motifs is 1. The van der Waals surface area contributed by atoms with Gasteiger partial charge in [-0.25, -0.2) is 13.1 Å². The van der Waals surface area contributed by atoms with Gasteiger partial charge in [-0.3, -0.25) is 9.59 Å². The van der Waals surface area contributed by atoms with Crippen LogP contribution in [0.15, 0.2) is 65.6 Å². The largest absolute Gasteiger partial charge is 0.343 e. The smallest absolute Gasteiger partial charge is 0.255 e. The van der Waals surface area contributed by atoms with Crippen molar-refractivity contribution in [3.8, 4) is 0 Å². The molecule has 0 saturated carbocycles. The fourth-order valence-corrected chi connectivity index (χ4v) is 6.09. The molecule has 8 heteroatoms. The number of sulfonamides is 1. The van der Waals surface area contributed by atoms with Crippen LogP contribution in [0, 0.1) is 12.8 Å². The molecule has 1 heterocycles. The van der Waals surface area contributed by atoms with E-state index in [1.165, 1.54) is 13.0 Å². The Morgan fingerprint density at radius 1 is 0.971 bits per heavy atom. The summed E-state index contributed by atoms with van der Waals surface area (Å²) in [6.07, 6.45) is 0.558. The standard InChI is InChI=1S/C26H29N3O4S/c1-17-8-4-5-9-20(17)26(31)27-24-12-13-25(22-11-7-6-10-21(22)24)34(32,33)28-23-14-15-29(19(3)30)16-18(23)2/h4-13,18,23,28H,14-16H2,1-3H3,(H,27,31)/t18-,23+/m1/s1. The Morgan fingerprint density at radius 2 is 1.65 bits per heavy atom. The van der Waals surface area contributed by atoms with E-state index in [0.717, 1.165) is 5.56 Å². The van der Waals surface area contributed by atoms with Gasteiger partial charge in [0.2, 0.25) is 15.9 Å². The van der Waals surface area contributed by atoms with Crippen LogP contribution < -0.4 is 10.0 Å². The van der Waals surface area contributed by atoms with Gasteiger partial charge in [0.05, 0.1) is 4.90 Å². The summed E-state index contributed by atoms with van der Waals surface area (Å²) in [5.41, 5.74) is 1.97. The fourth-order valence-electron chi connectivity index (χ4n) is 4.50. The van der Waals surface area contributed by atoms with Gasteiger partial charge in [-0.05, 0) is 43.0 Å². The van der Waals surface area contributed by atoms with Crippen molar-refractivity contribution in [3.63, 3.8) is 0 Å². The monoisotopic (exact) mass is 479 g/mol. The number of carbonyl (C=O) groups excluding carboxylic acids is 2. The van der Waals surface area contributed by atoms with E-state index in [2.05, 4.69) is 10.0 Å². The summed E-state index contributed by atoms with van der Waals surface area (Å²) in [6, 6.07) is 17.4. The van der Waals surface area contributed by atoms with Crippen LogP contribution in [0.4, 0.5) is 5.69 Å². The second-order valence-corrected chi connectivity index (χ2v) is 10.6. The second kappa shape index (κ2) is 9.56. The van der Waals surface area contributed by atoms with Gasteiger partial charge in [0.15, 0.2) is 0 Å². The molecule has 1 saturated heterocycles. The minimum atomic E-state index is -3.83. The normalized spacial score (nSPS) is 18.6. The first kappa shape index (κ1) is 23.9. The molecule has 34 heavy (non-hydrogen) atoms. The van der Waals surface area contributed by atoms with Gasteiger partial charge in [0.1, 0.15) is 0 Å². The lowest BCUT2D eigenvalue weighted by molar-refractivity contribution is -0.130. The lowest BCUT2D eigenvalue weighted by Crippen LogP contribution is -2.51. The van der Waals surface area contributed by atoms with Gasteiger partial charge in [0.25, 0.3) is 5.91 Å². The van der Waals surface area contributed by atoms with Crippen LogP contribution in [0.3, 0.4) is 0 Å². The van der Waals surface area contributed by atoms with Gasteiger partial charge in [0, 0.05) is 48.1 Å². The number of amides is 2. The molecule has 1 fully saturated rings. The number of hydrogen-bond acceptors (Lipinski definition) is 4. The molecule has 0 spiro atoms. The highest BCUT2D eigenvalue weighted by atomic mass is 32.2. The first-order valence-electron chi connectivity index (χ1n) is 11.3. The third kappa shape index (κ3) is 4.83. The van der Waals surface area contributed by atoms with Crippen LogP contribution in [-0.4, -0.2) is 44.3 Å². The third-order valence-electron chi connectivity index (χ3n) is 6.47. The Kier molecular flexibility index (Phi) is 6.72. The van der Waals surface area contributed by atoms with Crippen molar-refractivity contribution in [1.29, 1.82) is 0 Å². The summed E-state index contributed by atoms with van der Waals surface area (Å²) >= 11 is 0. The highest BCUT2D eigenvalue weighted by Gasteiger charge is 2.31. The Hall–Kier alpha value is -3.23. The van der Waals surface area contributed by atoms with Crippen molar-refractivity contribution in [1.82, 2.24) is 9.62 Å². The van der Waals surface area contributed by atoms with Crippen molar-refractivity contribution in [3.05, 3.63) is 71.8 Å². The molecule has 178 valence electrons. The average Bonchev–Trinajstić information content (AvgIpc) is 2.80. The molecule has 3 aromatic carbocycles. The van der Waals surface area contributed by atoms with E-state index in [0.29, 0.717) is 41.5 Å². The Balaban J connectivity index is 1.62. The van der Waals surface area contributed by atoms with Crippen molar-refractivity contribution < 1.29 is 18.0 Å². The van der Waals surface area contributed by atoms with E-state index >= 15 is 0 Å². The fraction of sp³-hybridized carbons (Fsp3) is 0.308. The van der Waals surface area contributed by atoms with E-state index in [1.54, 1.807) is 35.2 Å². The maximum atomic E-state index is 13.4. The molecule has 7 nitrogen and oxygen atoms in total. The summed E-state index contributed by atoms with van der Waals surface area (Å²) < 4.78 is 29.6. The van der Waals surface area contributed by atoms with Gasteiger partial charge < -0.3 is 10.2 Å². The zero-order chi connectivity index (χ0) is 24.5. The number of piperidine rings is 1. The van der Waals surface area contributed by atoms with Gasteiger partial charge >= 0.3 is 0 Å². The predicted octanol–water partition coefficient (Wildman–Crippen LogP) is 3.94.